The summed E-state index contributed by atoms with van der Waals surface area (Å²) in [6.07, 6.45) is 4.09. The molecule has 2 rings (SSSR count). The van der Waals surface area contributed by atoms with E-state index in [0.29, 0.717) is 0 Å². The van der Waals surface area contributed by atoms with Crippen molar-refractivity contribution in [2.24, 2.45) is 0 Å². The van der Waals surface area contributed by atoms with E-state index in [4.69, 9.17) is 4.74 Å². The quantitative estimate of drug-likeness (QED) is 0.687. The Labute approximate surface area is 166 Å². The van der Waals surface area contributed by atoms with Crippen molar-refractivity contribution >= 4 is 17.9 Å². The fourth-order valence-corrected chi connectivity index (χ4v) is 2.68. The molecule has 148 valence electrons. The van der Waals surface area contributed by atoms with Crippen LogP contribution in [0.2, 0.25) is 0 Å². The monoisotopic (exact) mass is 380 g/mol. The maximum atomic E-state index is 12.4. The molecule has 2 amide bonds. The van der Waals surface area contributed by atoms with Crippen LogP contribution in [-0.2, 0) is 16.0 Å². The predicted octanol–water partition coefficient (Wildman–Crippen LogP) is 3.65. The summed E-state index contributed by atoms with van der Waals surface area (Å²) in [4.78, 5) is 24.4. The number of amides is 2. The molecule has 0 aliphatic rings. The smallest absolute Gasteiger partial charge is 0.244 e. The van der Waals surface area contributed by atoms with Crippen molar-refractivity contribution in [3.05, 3.63) is 71.3 Å². The lowest BCUT2D eigenvalue weighted by Crippen LogP contribution is -2.45. The van der Waals surface area contributed by atoms with Gasteiger partial charge in [-0.05, 0) is 55.2 Å². The van der Waals surface area contributed by atoms with E-state index in [1.807, 2.05) is 43.3 Å². The molecule has 0 aromatic heterocycles. The fraction of sp³-hybridized carbons (Fsp3) is 0.304. The van der Waals surface area contributed by atoms with E-state index in [0.717, 1.165) is 23.3 Å². The zero-order chi connectivity index (χ0) is 20.5. The second-order valence-corrected chi connectivity index (χ2v) is 6.66. The molecule has 0 saturated carbocycles. The van der Waals surface area contributed by atoms with Crippen LogP contribution < -0.4 is 15.4 Å². The Hall–Kier alpha value is -3.08. The number of carbonyl (C=O) groups excluding carboxylic acids is 2. The van der Waals surface area contributed by atoms with E-state index in [1.54, 1.807) is 20.1 Å². The molecule has 2 aromatic carbocycles. The molecular weight excluding hydrogens is 352 g/mol. The molecule has 2 N–H and O–H groups in total. The van der Waals surface area contributed by atoms with E-state index in [9.17, 15) is 9.59 Å². The largest absolute Gasteiger partial charge is 0.497 e. The molecule has 0 saturated heterocycles. The molecule has 0 aliphatic carbocycles. The van der Waals surface area contributed by atoms with Crippen LogP contribution in [0, 0.1) is 0 Å². The van der Waals surface area contributed by atoms with Gasteiger partial charge in [-0.1, -0.05) is 43.3 Å². The Morgan fingerprint density at radius 1 is 1.00 bits per heavy atom. The normalized spacial score (nSPS) is 13.0. The maximum absolute atomic E-state index is 12.4. The molecule has 0 fully saturated rings. The van der Waals surface area contributed by atoms with Crippen molar-refractivity contribution in [2.45, 2.75) is 39.3 Å². The van der Waals surface area contributed by atoms with Gasteiger partial charge in [0.1, 0.15) is 11.8 Å². The van der Waals surface area contributed by atoms with Gasteiger partial charge in [0.2, 0.25) is 11.8 Å². The molecule has 2 aromatic rings. The number of rotatable bonds is 8. The van der Waals surface area contributed by atoms with Crippen LogP contribution in [0.4, 0.5) is 0 Å². The lowest BCUT2D eigenvalue weighted by molar-refractivity contribution is -0.127. The van der Waals surface area contributed by atoms with Crippen LogP contribution in [0.25, 0.3) is 6.08 Å². The van der Waals surface area contributed by atoms with E-state index < -0.39 is 6.04 Å². The Kier molecular flexibility index (Phi) is 7.81. The molecule has 0 radical (unpaired) electrons. The first-order chi connectivity index (χ1) is 13.4. The van der Waals surface area contributed by atoms with Gasteiger partial charge in [0, 0.05) is 6.08 Å². The Morgan fingerprint density at radius 2 is 1.64 bits per heavy atom. The summed E-state index contributed by atoms with van der Waals surface area (Å²) in [6.45, 7) is 5.70. The van der Waals surface area contributed by atoms with Crippen molar-refractivity contribution in [3.63, 3.8) is 0 Å². The van der Waals surface area contributed by atoms with Crippen LogP contribution in [0.1, 0.15) is 43.5 Å². The van der Waals surface area contributed by atoms with Crippen LogP contribution in [-0.4, -0.2) is 25.0 Å². The zero-order valence-electron chi connectivity index (χ0n) is 16.9. The first-order valence-electron chi connectivity index (χ1n) is 9.44. The molecule has 0 heterocycles. The van der Waals surface area contributed by atoms with Gasteiger partial charge in [-0.2, -0.15) is 0 Å². The summed E-state index contributed by atoms with van der Waals surface area (Å²) >= 11 is 0. The molecule has 28 heavy (non-hydrogen) atoms. The van der Waals surface area contributed by atoms with Gasteiger partial charge in [0.05, 0.1) is 13.2 Å². The van der Waals surface area contributed by atoms with Gasteiger partial charge in [0.25, 0.3) is 0 Å². The van der Waals surface area contributed by atoms with Gasteiger partial charge < -0.3 is 15.4 Å². The molecule has 0 aliphatic heterocycles. The van der Waals surface area contributed by atoms with Gasteiger partial charge in [-0.25, -0.2) is 0 Å². The third kappa shape index (κ3) is 6.27. The minimum absolute atomic E-state index is 0.132. The third-order valence-electron chi connectivity index (χ3n) is 4.54. The van der Waals surface area contributed by atoms with Crippen molar-refractivity contribution in [3.8, 4) is 5.75 Å². The molecular formula is C23H28N2O3. The molecule has 0 bridgehead atoms. The minimum atomic E-state index is -0.634. The maximum Gasteiger partial charge on any atom is 0.244 e. The highest BCUT2D eigenvalue weighted by Crippen LogP contribution is 2.14. The van der Waals surface area contributed by atoms with E-state index in [1.165, 1.54) is 11.6 Å². The lowest BCUT2D eigenvalue weighted by Gasteiger charge is -2.18. The summed E-state index contributed by atoms with van der Waals surface area (Å²) in [5.41, 5.74) is 3.16. The Bertz CT molecular complexity index is 811. The Morgan fingerprint density at radius 3 is 2.21 bits per heavy atom. The third-order valence-corrected chi connectivity index (χ3v) is 4.54. The summed E-state index contributed by atoms with van der Waals surface area (Å²) in [6, 6.07) is 14.7. The van der Waals surface area contributed by atoms with Crippen molar-refractivity contribution < 1.29 is 14.3 Å². The summed E-state index contributed by atoms with van der Waals surface area (Å²) in [5.74, 6) is 0.210. The number of ether oxygens (including phenoxy) is 1. The molecule has 2 atom stereocenters. The van der Waals surface area contributed by atoms with Crippen molar-refractivity contribution in [1.29, 1.82) is 0 Å². The molecule has 5 nitrogen and oxygen atoms in total. The summed E-state index contributed by atoms with van der Waals surface area (Å²) in [5, 5.41) is 5.62. The average molecular weight is 380 g/mol. The Balaban J connectivity index is 1.85. The standard InChI is InChI=1S/C23H28N2O3/c1-5-18-6-11-20(12-7-18)16(2)25-23(27)17(3)24-22(26)15-10-19-8-13-21(28-4)14-9-19/h6-17H,5H2,1-4H3,(H,24,26)(H,25,27)/b15-10+. The number of benzene rings is 2. The van der Waals surface area contributed by atoms with E-state index in [-0.39, 0.29) is 17.9 Å². The van der Waals surface area contributed by atoms with Gasteiger partial charge in [-0.3, -0.25) is 9.59 Å². The molecule has 5 heteroatoms. The van der Waals surface area contributed by atoms with Gasteiger partial charge >= 0.3 is 0 Å². The van der Waals surface area contributed by atoms with Crippen LogP contribution in [0.3, 0.4) is 0 Å². The first-order valence-corrected chi connectivity index (χ1v) is 9.44. The second kappa shape index (κ2) is 10.3. The number of hydrogen-bond donors (Lipinski definition) is 2. The number of methoxy groups -OCH3 is 1. The highest BCUT2D eigenvalue weighted by molar-refractivity contribution is 5.95. The zero-order valence-corrected chi connectivity index (χ0v) is 16.9. The highest BCUT2D eigenvalue weighted by atomic mass is 16.5. The van der Waals surface area contributed by atoms with Crippen LogP contribution in [0.15, 0.2) is 54.6 Å². The molecule has 0 spiro atoms. The topological polar surface area (TPSA) is 67.4 Å². The van der Waals surface area contributed by atoms with E-state index >= 15 is 0 Å². The minimum Gasteiger partial charge on any atom is -0.497 e. The lowest BCUT2D eigenvalue weighted by atomic mass is 10.0. The summed E-state index contributed by atoms with van der Waals surface area (Å²) < 4.78 is 5.10. The van der Waals surface area contributed by atoms with E-state index in [2.05, 4.69) is 29.7 Å². The number of nitrogens with one attached hydrogen (secondary N) is 2. The fourth-order valence-electron chi connectivity index (χ4n) is 2.68. The van der Waals surface area contributed by atoms with Crippen LogP contribution >= 0.6 is 0 Å². The van der Waals surface area contributed by atoms with Gasteiger partial charge in [-0.15, -0.1) is 0 Å². The number of carbonyl (C=O) groups is 2. The predicted molar refractivity (Wildman–Crippen MR) is 112 cm³/mol. The summed E-state index contributed by atoms with van der Waals surface area (Å²) in [7, 11) is 1.60. The number of aryl methyl sites for hydroxylation is 1. The van der Waals surface area contributed by atoms with Crippen molar-refractivity contribution in [2.75, 3.05) is 7.11 Å². The SMILES string of the molecule is CCc1ccc(C(C)NC(=O)C(C)NC(=O)/C=C/c2ccc(OC)cc2)cc1. The van der Waals surface area contributed by atoms with Gasteiger partial charge in [0.15, 0.2) is 0 Å². The second-order valence-electron chi connectivity index (χ2n) is 6.66. The highest BCUT2D eigenvalue weighted by Gasteiger charge is 2.17. The first kappa shape index (κ1) is 21.2. The van der Waals surface area contributed by atoms with Crippen LogP contribution in [0.5, 0.6) is 5.75 Å². The number of hydrogen-bond acceptors (Lipinski definition) is 3. The average Bonchev–Trinajstić information content (AvgIpc) is 2.72. The van der Waals surface area contributed by atoms with Crippen molar-refractivity contribution in [1.82, 2.24) is 10.6 Å². The molecule has 2 unspecified atom stereocenters.